The number of morpholine rings is 1. The number of rotatable bonds is 4. The SMILES string of the molecule is Cc1ccc(S(=O)(=O)Nc2nc(C(=O)N3CCOCC3)ns2)cc1. The predicted octanol–water partition coefficient (Wildman–Crippen LogP) is 1.12. The lowest BCUT2D eigenvalue weighted by Gasteiger charge is -2.25. The molecule has 10 heteroatoms. The highest BCUT2D eigenvalue weighted by molar-refractivity contribution is 7.93. The Morgan fingerprint density at radius 2 is 1.92 bits per heavy atom. The molecule has 1 aliphatic heterocycles. The van der Waals surface area contributed by atoms with Crippen molar-refractivity contribution in [2.75, 3.05) is 31.0 Å². The number of nitrogens with one attached hydrogen (secondary N) is 1. The van der Waals surface area contributed by atoms with Crippen LogP contribution in [0.3, 0.4) is 0 Å². The lowest BCUT2D eigenvalue weighted by atomic mass is 10.2. The standard InChI is InChI=1S/C14H16N4O4S2/c1-10-2-4-11(5-3-10)24(20,21)17-14-15-12(16-23-14)13(19)18-6-8-22-9-7-18/h2-5H,6-9H2,1H3,(H,15,16,17). The molecule has 0 saturated carbocycles. The first-order chi connectivity index (χ1) is 11.5. The van der Waals surface area contributed by atoms with Crippen molar-refractivity contribution >= 4 is 32.6 Å². The number of benzene rings is 1. The Kier molecular flexibility index (Phi) is 4.78. The second-order valence-corrected chi connectivity index (χ2v) is 7.68. The molecule has 1 N–H and O–H groups in total. The van der Waals surface area contributed by atoms with Gasteiger partial charge in [0.05, 0.1) is 18.1 Å². The zero-order valence-electron chi connectivity index (χ0n) is 12.9. The number of hydrogen-bond acceptors (Lipinski definition) is 7. The molecule has 1 saturated heterocycles. The minimum atomic E-state index is -3.75. The molecular weight excluding hydrogens is 352 g/mol. The monoisotopic (exact) mass is 368 g/mol. The fourth-order valence-corrected chi connectivity index (χ4v) is 3.94. The highest BCUT2D eigenvalue weighted by atomic mass is 32.2. The molecule has 0 radical (unpaired) electrons. The van der Waals surface area contributed by atoms with E-state index in [-0.39, 0.29) is 21.8 Å². The van der Waals surface area contributed by atoms with Gasteiger partial charge in [0, 0.05) is 24.6 Å². The molecule has 128 valence electrons. The molecule has 2 aromatic rings. The van der Waals surface area contributed by atoms with Crippen LogP contribution in [0.25, 0.3) is 0 Å². The number of amides is 1. The first-order valence-corrected chi connectivity index (χ1v) is 9.51. The summed E-state index contributed by atoms with van der Waals surface area (Å²) in [4.78, 5) is 18.0. The molecule has 0 bridgehead atoms. The molecular formula is C14H16N4O4S2. The average Bonchev–Trinajstić information content (AvgIpc) is 3.03. The van der Waals surface area contributed by atoms with Crippen LogP contribution in [0.15, 0.2) is 29.2 Å². The normalized spacial score (nSPS) is 15.3. The van der Waals surface area contributed by atoms with Crippen LogP contribution in [0.2, 0.25) is 0 Å². The van der Waals surface area contributed by atoms with Gasteiger partial charge in [-0.25, -0.2) is 8.42 Å². The van der Waals surface area contributed by atoms with Gasteiger partial charge < -0.3 is 9.64 Å². The Balaban J connectivity index is 1.73. The first-order valence-electron chi connectivity index (χ1n) is 7.26. The number of aromatic nitrogens is 2. The Morgan fingerprint density at radius 3 is 2.58 bits per heavy atom. The second kappa shape index (κ2) is 6.83. The Labute approximate surface area is 143 Å². The van der Waals surface area contributed by atoms with E-state index in [1.165, 1.54) is 12.1 Å². The zero-order valence-corrected chi connectivity index (χ0v) is 14.6. The fraction of sp³-hybridized carbons (Fsp3) is 0.357. The summed E-state index contributed by atoms with van der Waals surface area (Å²) in [6, 6.07) is 6.45. The van der Waals surface area contributed by atoms with Gasteiger partial charge in [0.25, 0.3) is 15.9 Å². The van der Waals surface area contributed by atoms with Crippen LogP contribution in [0.5, 0.6) is 0 Å². The minimum absolute atomic E-state index is 0.0106. The van der Waals surface area contributed by atoms with E-state index in [1.807, 2.05) is 6.92 Å². The maximum atomic E-state index is 12.3. The first kappa shape index (κ1) is 16.8. The maximum absolute atomic E-state index is 12.3. The Morgan fingerprint density at radius 1 is 1.25 bits per heavy atom. The number of anilines is 1. The van der Waals surface area contributed by atoms with Crippen LogP contribution in [0.4, 0.5) is 5.13 Å². The van der Waals surface area contributed by atoms with Crippen LogP contribution in [0.1, 0.15) is 16.2 Å². The highest BCUT2D eigenvalue weighted by Crippen LogP contribution is 2.19. The summed E-state index contributed by atoms with van der Waals surface area (Å²) in [5.41, 5.74) is 0.961. The number of nitrogens with zero attached hydrogens (tertiary/aromatic N) is 3. The van der Waals surface area contributed by atoms with Gasteiger partial charge in [-0.3, -0.25) is 9.52 Å². The summed E-state index contributed by atoms with van der Waals surface area (Å²) in [5.74, 6) is -0.334. The van der Waals surface area contributed by atoms with Gasteiger partial charge in [-0.05, 0) is 19.1 Å². The molecule has 1 aromatic carbocycles. The van der Waals surface area contributed by atoms with Crippen molar-refractivity contribution in [1.82, 2.24) is 14.3 Å². The summed E-state index contributed by atoms with van der Waals surface area (Å²) in [7, 11) is -3.75. The van der Waals surface area contributed by atoms with E-state index in [9.17, 15) is 13.2 Å². The average molecular weight is 368 g/mol. The second-order valence-electron chi connectivity index (χ2n) is 5.25. The van der Waals surface area contributed by atoms with E-state index < -0.39 is 10.0 Å². The van der Waals surface area contributed by atoms with Crippen LogP contribution >= 0.6 is 11.5 Å². The molecule has 24 heavy (non-hydrogen) atoms. The molecule has 8 nitrogen and oxygen atoms in total. The van der Waals surface area contributed by atoms with Gasteiger partial charge in [0.15, 0.2) is 0 Å². The van der Waals surface area contributed by atoms with E-state index in [2.05, 4.69) is 14.1 Å². The van der Waals surface area contributed by atoms with Gasteiger partial charge in [-0.1, -0.05) is 17.7 Å². The fourth-order valence-electron chi connectivity index (χ4n) is 2.15. The summed E-state index contributed by atoms with van der Waals surface area (Å²) in [6.45, 7) is 3.77. The van der Waals surface area contributed by atoms with Crippen molar-refractivity contribution in [3.05, 3.63) is 35.7 Å². The summed E-state index contributed by atoms with van der Waals surface area (Å²) < 4.78 is 36.1. The third kappa shape index (κ3) is 3.71. The van der Waals surface area contributed by atoms with Gasteiger partial charge >= 0.3 is 0 Å². The molecule has 0 spiro atoms. The molecule has 2 heterocycles. The van der Waals surface area contributed by atoms with Crippen LogP contribution in [-0.2, 0) is 14.8 Å². The van der Waals surface area contributed by atoms with E-state index in [0.717, 1.165) is 17.1 Å². The number of ether oxygens (including phenoxy) is 1. The summed E-state index contributed by atoms with van der Waals surface area (Å²) in [6.07, 6.45) is 0. The van der Waals surface area contributed by atoms with E-state index in [4.69, 9.17) is 4.74 Å². The predicted molar refractivity (Wildman–Crippen MR) is 88.6 cm³/mol. The van der Waals surface area contributed by atoms with Crippen LogP contribution in [-0.4, -0.2) is 54.9 Å². The van der Waals surface area contributed by atoms with Crippen molar-refractivity contribution < 1.29 is 17.9 Å². The Hall–Kier alpha value is -2.04. The smallest absolute Gasteiger partial charge is 0.292 e. The molecule has 1 aromatic heterocycles. The van der Waals surface area contributed by atoms with Crippen molar-refractivity contribution in [2.24, 2.45) is 0 Å². The van der Waals surface area contributed by atoms with Crippen molar-refractivity contribution in [3.8, 4) is 0 Å². The quantitative estimate of drug-likeness (QED) is 0.868. The van der Waals surface area contributed by atoms with Crippen LogP contribution in [0, 0.1) is 6.92 Å². The molecule has 0 unspecified atom stereocenters. The number of hydrogen-bond donors (Lipinski definition) is 1. The largest absolute Gasteiger partial charge is 0.378 e. The summed E-state index contributed by atoms with van der Waals surface area (Å²) in [5, 5.41) is 0.0622. The number of sulfonamides is 1. The molecule has 3 rings (SSSR count). The van der Waals surface area contributed by atoms with E-state index in [0.29, 0.717) is 26.3 Å². The third-order valence-electron chi connectivity index (χ3n) is 3.47. The molecule has 0 atom stereocenters. The van der Waals surface area contributed by atoms with E-state index in [1.54, 1.807) is 17.0 Å². The van der Waals surface area contributed by atoms with Crippen molar-refractivity contribution in [1.29, 1.82) is 0 Å². The number of carbonyl (C=O) groups excluding carboxylic acids is 1. The maximum Gasteiger partial charge on any atom is 0.292 e. The highest BCUT2D eigenvalue weighted by Gasteiger charge is 2.24. The third-order valence-corrected chi connectivity index (χ3v) is 5.58. The Bertz CT molecular complexity index is 827. The van der Waals surface area contributed by atoms with Crippen molar-refractivity contribution in [3.63, 3.8) is 0 Å². The molecule has 1 fully saturated rings. The zero-order chi connectivity index (χ0) is 17.2. The van der Waals surface area contributed by atoms with E-state index >= 15 is 0 Å². The van der Waals surface area contributed by atoms with Gasteiger partial charge in [0.2, 0.25) is 11.0 Å². The lowest BCUT2D eigenvalue weighted by Crippen LogP contribution is -2.41. The van der Waals surface area contributed by atoms with Crippen molar-refractivity contribution in [2.45, 2.75) is 11.8 Å². The topological polar surface area (TPSA) is 101 Å². The number of aryl methyl sites for hydroxylation is 1. The van der Waals surface area contributed by atoms with Crippen LogP contribution < -0.4 is 4.72 Å². The molecule has 0 aliphatic carbocycles. The minimum Gasteiger partial charge on any atom is -0.378 e. The molecule has 1 aliphatic rings. The number of carbonyl (C=O) groups is 1. The summed E-state index contributed by atoms with van der Waals surface area (Å²) >= 11 is 0.836. The lowest BCUT2D eigenvalue weighted by molar-refractivity contribution is 0.0296. The van der Waals surface area contributed by atoms with Gasteiger partial charge in [-0.15, -0.1) is 0 Å². The van der Waals surface area contributed by atoms with Gasteiger partial charge in [-0.2, -0.15) is 9.36 Å². The van der Waals surface area contributed by atoms with Gasteiger partial charge in [0.1, 0.15) is 0 Å². The molecule has 1 amide bonds.